The van der Waals surface area contributed by atoms with Crippen LogP contribution in [0.1, 0.15) is 34.7 Å². The topological polar surface area (TPSA) is 85.8 Å². The molecule has 0 amide bonds. The van der Waals surface area contributed by atoms with Crippen LogP contribution < -0.4 is 0 Å². The van der Waals surface area contributed by atoms with E-state index in [2.05, 4.69) is 37.3 Å². The van der Waals surface area contributed by atoms with E-state index in [4.69, 9.17) is 9.51 Å². The fourth-order valence-corrected chi connectivity index (χ4v) is 4.24. The van der Waals surface area contributed by atoms with Crippen molar-refractivity contribution in [1.29, 1.82) is 0 Å². The third-order valence-corrected chi connectivity index (χ3v) is 5.69. The maximum absolute atomic E-state index is 5.73. The van der Waals surface area contributed by atoms with Crippen LogP contribution >= 0.6 is 0 Å². The molecule has 1 fully saturated rings. The Morgan fingerprint density at radius 2 is 1.90 bits per heavy atom. The zero-order valence-corrected chi connectivity index (χ0v) is 17.0. The zero-order valence-electron chi connectivity index (χ0n) is 17.0. The number of nitrogens with zero attached hydrogens (tertiary/aromatic N) is 7. The molecule has 1 aliphatic rings. The molecular weight excluding hydrogens is 378 g/mol. The lowest BCUT2D eigenvalue weighted by molar-refractivity contribution is 0.302. The van der Waals surface area contributed by atoms with Crippen LogP contribution in [0.2, 0.25) is 0 Å². The molecule has 5 rings (SSSR count). The first-order valence-electron chi connectivity index (χ1n) is 10.0. The molecule has 4 aromatic rings. The highest BCUT2D eigenvalue weighted by Gasteiger charge is 2.38. The van der Waals surface area contributed by atoms with Crippen LogP contribution in [-0.4, -0.2) is 47.9 Å². The van der Waals surface area contributed by atoms with E-state index in [1.165, 1.54) is 11.3 Å². The zero-order chi connectivity index (χ0) is 20.5. The lowest BCUT2D eigenvalue weighted by Crippen LogP contribution is -2.21. The Kier molecular flexibility index (Phi) is 4.84. The monoisotopic (exact) mass is 401 g/mol. The average molecular weight is 401 g/mol. The van der Waals surface area contributed by atoms with Gasteiger partial charge in [-0.15, -0.1) is 0 Å². The highest BCUT2D eigenvalue weighted by Crippen LogP contribution is 2.39. The summed E-state index contributed by atoms with van der Waals surface area (Å²) in [6.07, 6.45) is 7.21. The Labute approximate surface area is 174 Å². The first kappa shape index (κ1) is 18.6. The Morgan fingerprint density at radius 1 is 1.07 bits per heavy atom. The van der Waals surface area contributed by atoms with E-state index in [0.29, 0.717) is 11.7 Å². The average Bonchev–Trinajstić information content (AvgIpc) is 3.48. The number of likely N-dealkylation sites (tertiary alicyclic amines) is 1. The first-order valence-corrected chi connectivity index (χ1v) is 10.0. The van der Waals surface area contributed by atoms with Gasteiger partial charge in [0.05, 0.1) is 17.3 Å². The highest BCUT2D eigenvalue weighted by atomic mass is 16.5. The number of aromatic nitrogens is 6. The van der Waals surface area contributed by atoms with Crippen LogP contribution in [0.4, 0.5) is 0 Å². The van der Waals surface area contributed by atoms with Crippen LogP contribution in [0.15, 0.2) is 59.6 Å². The number of hydrogen-bond acceptors (Lipinski definition) is 7. The highest BCUT2D eigenvalue weighted by molar-refractivity contribution is 5.52. The smallest absolute Gasteiger partial charge is 0.232 e. The summed E-state index contributed by atoms with van der Waals surface area (Å²) in [6, 6.07) is 10.0. The van der Waals surface area contributed by atoms with Crippen LogP contribution in [0.5, 0.6) is 0 Å². The normalized spacial score (nSPS) is 19.4. The quantitative estimate of drug-likeness (QED) is 0.508. The van der Waals surface area contributed by atoms with Crippen molar-refractivity contribution in [2.24, 2.45) is 7.05 Å². The van der Waals surface area contributed by atoms with E-state index < -0.39 is 0 Å². The molecule has 2 unspecified atom stereocenters. The predicted molar refractivity (Wildman–Crippen MR) is 110 cm³/mol. The largest absolute Gasteiger partial charge is 0.339 e. The molecular formula is C22H23N7O. The fourth-order valence-electron chi connectivity index (χ4n) is 4.24. The molecule has 5 heterocycles. The van der Waals surface area contributed by atoms with Crippen LogP contribution in [0.3, 0.4) is 0 Å². The second kappa shape index (κ2) is 7.79. The SMILES string of the molecule is Cc1cc(CN2CC(c3cccnc3)C(c3nc(-c4ccncc4)no3)C2)n(C)n1. The van der Waals surface area contributed by atoms with Crippen molar-refractivity contribution in [3.05, 3.63) is 78.0 Å². The van der Waals surface area contributed by atoms with Crippen molar-refractivity contribution >= 4 is 0 Å². The molecule has 152 valence electrons. The molecule has 0 aromatic carbocycles. The molecule has 8 heteroatoms. The van der Waals surface area contributed by atoms with Gasteiger partial charge in [0.25, 0.3) is 0 Å². The third kappa shape index (κ3) is 3.61. The summed E-state index contributed by atoms with van der Waals surface area (Å²) in [5.74, 6) is 1.60. The molecule has 4 aromatic heterocycles. The number of pyridine rings is 2. The van der Waals surface area contributed by atoms with E-state index in [9.17, 15) is 0 Å². The van der Waals surface area contributed by atoms with Crippen molar-refractivity contribution in [3.8, 4) is 11.4 Å². The Morgan fingerprint density at radius 3 is 2.63 bits per heavy atom. The second-order valence-electron chi connectivity index (χ2n) is 7.79. The molecule has 0 aliphatic carbocycles. The summed E-state index contributed by atoms with van der Waals surface area (Å²) in [7, 11) is 1.99. The van der Waals surface area contributed by atoms with Gasteiger partial charge in [-0.05, 0) is 36.8 Å². The van der Waals surface area contributed by atoms with E-state index in [-0.39, 0.29) is 11.8 Å². The van der Waals surface area contributed by atoms with Gasteiger partial charge < -0.3 is 4.52 Å². The minimum Gasteiger partial charge on any atom is -0.339 e. The van der Waals surface area contributed by atoms with Gasteiger partial charge in [0.2, 0.25) is 11.7 Å². The van der Waals surface area contributed by atoms with Gasteiger partial charge in [-0.25, -0.2) is 0 Å². The third-order valence-electron chi connectivity index (χ3n) is 5.69. The molecule has 0 radical (unpaired) electrons. The Bertz CT molecular complexity index is 1120. The summed E-state index contributed by atoms with van der Waals surface area (Å²) < 4.78 is 7.69. The van der Waals surface area contributed by atoms with Gasteiger partial charge in [0.1, 0.15) is 0 Å². The Hall–Kier alpha value is -3.39. The lowest BCUT2D eigenvalue weighted by atomic mass is 9.90. The molecule has 0 saturated carbocycles. The van der Waals surface area contributed by atoms with Crippen molar-refractivity contribution in [3.63, 3.8) is 0 Å². The summed E-state index contributed by atoms with van der Waals surface area (Å²) in [6.45, 7) is 4.58. The minimum atomic E-state index is 0.103. The van der Waals surface area contributed by atoms with E-state index in [1.807, 2.05) is 43.0 Å². The van der Waals surface area contributed by atoms with Crippen molar-refractivity contribution in [1.82, 2.24) is 34.8 Å². The van der Waals surface area contributed by atoms with Gasteiger partial charge in [-0.2, -0.15) is 10.1 Å². The predicted octanol–water partition coefficient (Wildman–Crippen LogP) is 2.95. The molecule has 2 atom stereocenters. The maximum atomic E-state index is 5.73. The van der Waals surface area contributed by atoms with Crippen molar-refractivity contribution < 1.29 is 4.52 Å². The van der Waals surface area contributed by atoms with Gasteiger partial charge >= 0.3 is 0 Å². The van der Waals surface area contributed by atoms with Crippen LogP contribution in [-0.2, 0) is 13.6 Å². The molecule has 1 aliphatic heterocycles. The standard InChI is InChI=1S/C22H23N7O/c1-15-10-18(28(2)26-15)12-29-13-19(17-4-3-7-24-11-17)20(14-29)22-25-21(27-30-22)16-5-8-23-9-6-16/h3-11,19-20H,12-14H2,1-2H3. The number of rotatable bonds is 5. The van der Waals surface area contributed by atoms with Gasteiger partial charge in [-0.3, -0.25) is 19.5 Å². The van der Waals surface area contributed by atoms with Crippen molar-refractivity contribution in [2.45, 2.75) is 25.3 Å². The first-order chi connectivity index (χ1) is 14.7. The fraction of sp³-hybridized carbons (Fsp3) is 0.318. The van der Waals surface area contributed by atoms with Crippen LogP contribution in [0, 0.1) is 6.92 Å². The minimum absolute atomic E-state index is 0.103. The lowest BCUT2D eigenvalue weighted by Gasteiger charge is -2.16. The van der Waals surface area contributed by atoms with Crippen LogP contribution in [0.25, 0.3) is 11.4 Å². The van der Waals surface area contributed by atoms with Gasteiger partial charge in [0, 0.05) is 63.0 Å². The van der Waals surface area contributed by atoms with Gasteiger partial charge in [0.15, 0.2) is 0 Å². The molecule has 8 nitrogen and oxygen atoms in total. The number of hydrogen-bond donors (Lipinski definition) is 0. The Balaban J connectivity index is 1.44. The van der Waals surface area contributed by atoms with E-state index >= 15 is 0 Å². The summed E-state index contributed by atoms with van der Waals surface area (Å²) >= 11 is 0. The van der Waals surface area contributed by atoms with Crippen molar-refractivity contribution in [2.75, 3.05) is 13.1 Å². The molecule has 1 saturated heterocycles. The molecule has 0 bridgehead atoms. The van der Waals surface area contributed by atoms with E-state index in [1.54, 1.807) is 18.6 Å². The van der Waals surface area contributed by atoms with E-state index in [0.717, 1.165) is 30.9 Å². The summed E-state index contributed by atoms with van der Waals surface area (Å²) in [4.78, 5) is 15.5. The molecule has 0 N–H and O–H groups in total. The maximum Gasteiger partial charge on any atom is 0.232 e. The second-order valence-corrected chi connectivity index (χ2v) is 7.79. The van der Waals surface area contributed by atoms with Gasteiger partial charge in [-0.1, -0.05) is 11.2 Å². The molecule has 30 heavy (non-hydrogen) atoms. The summed E-state index contributed by atoms with van der Waals surface area (Å²) in [5, 5.41) is 8.70. The summed E-state index contributed by atoms with van der Waals surface area (Å²) in [5.41, 5.74) is 4.32. The molecule has 0 spiro atoms. The number of aryl methyl sites for hydroxylation is 2.